The van der Waals surface area contributed by atoms with Gasteiger partial charge in [0.25, 0.3) is 0 Å². The number of rotatable bonds is 5. The molecule has 3 rings (SSSR count). The number of hydrogen-bond acceptors (Lipinski definition) is 5. The lowest BCUT2D eigenvalue weighted by atomic mass is 10.1. The van der Waals surface area contributed by atoms with Crippen molar-refractivity contribution in [1.82, 2.24) is 14.8 Å². The summed E-state index contributed by atoms with van der Waals surface area (Å²) in [6.07, 6.45) is 0.591. The summed E-state index contributed by atoms with van der Waals surface area (Å²) in [5.41, 5.74) is 1.70. The molecule has 132 valence electrons. The van der Waals surface area contributed by atoms with E-state index in [-0.39, 0.29) is 18.4 Å². The van der Waals surface area contributed by atoms with E-state index >= 15 is 0 Å². The number of likely N-dealkylation sites (N-methyl/N-ethyl adjacent to an activating group) is 1. The lowest BCUT2D eigenvalue weighted by Crippen LogP contribution is -2.41. The molecule has 25 heavy (non-hydrogen) atoms. The van der Waals surface area contributed by atoms with E-state index in [0.29, 0.717) is 18.7 Å². The largest absolute Gasteiger partial charge is 0.480 e. The number of benzene rings is 1. The summed E-state index contributed by atoms with van der Waals surface area (Å²) in [6, 6.07) is 9.12. The van der Waals surface area contributed by atoms with Crippen LogP contribution in [0.5, 0.6) is 0 Å². The lowest BCUT2D eigenvalue weighted by Gasteiger charge is -2.22. The average molecular weight is 359 g/mol. The summed E-state index contributed by atoms with van der Waals surface area (Å²) < 4.78 is 0. The summed E-state index contributed by atoms with van der Waals surface area (Å²) >= 11 is 1.49. The van der Waals surface area contributed by atoms with E-state index in [1.54, 1.807) is 0 Å². The van der Waals surface area contributed by atoms with E-state index in [2.05, 4.69) is 4.98 Å². The fraction of sp³-hybridized carbons (Fsp3) is 0.389. The molecule has 0 radical (unpaired) electrons. The minimum atomic E-state index is -0.944. The third-order valence-corrected chi connectivity index (χ3v) is 5.46. The zero-order valence-electron chi connectivity index (χ0n) is 14.3. The van der Waals surface area contributed by atoms with Gasteiger partial charge in [0.1, 0.15) is 11.0 Å². The monoisotopic (exact) mass is 359 g/mol. The van der Waals surface area contributed by atoms with Crippen LogP contribution < -0.4 is 0 Å². The molecule has 1 aromatic carbocycles. The normalized spacial score (nSPS) is 20.2. The maximum atomic E-state index is 12.7. The van der Waals surface area contributed by atoms with Gasteiger partial charge >= 0.3 is 5.97 Å². The van der Waals surface area contributed by atoms with E-state index < -0.39 is 12.0 Å². The number of carbonyl (C=O) groups excluding carboxylic acids is 1. The Bertz CT molecular complexity index is 760. The Hall–Kier alpha value is -2.25. The van der Waals surface area contributed by atoms with Crippen LogP contribution in [0.25, 0.3) is 10.6 Å². The van der Waals surface area contributed by atoms with Gasteiger partial charge in [0, 0.05) is 23.5 Å². The van der Waals surface area contributed by atoms with Crippen molar-refractivity contribution in [3.8, 4) is 10.6 Å². The van der Waals surface area contributed by atoms with Gasteiger partial charge in [0.2, 0.25) is 5.91 Å². The molecule has 0 unspecified atom stereocenters. The van der Waals surface area contributed by atoms with Crippen LogP contribution in [0.1, 0.15) is 12.1 Å². The summed E-state index contributed by atoms with van der Waals surface area (Å²) in [5.74, 6) is -1.12. The van der Waals surface area contributed by atoms with Crippen molar-refractivity contribution in [2.45, 2.75) is 24.9 Å². The van der Waals surface area contributed by atoms with Crippen molar-refractivity contribution >= 4 is 23.2 Å². The molecular weight excluding hydrogens is 338 g/mol. The molecule has 1 aromatic heterocycles. The minimum absolute atomic E-state index is 0.0698. The van der Waals surface area contributed by atoms with Crippen molar-refractivity contribution in [3.63, 3.8) is 0 Å². The van der Waals surface area contributed by atoms with Crippen LogP contribution in [0.15, 0.2) is 35.7 Å². The molecule has 1 amide bonds. The van der Waals surface area contributed by atoms with E-state index in [9.17, 15) is 14.7 Å². The summed E-state index contributed by atoms with van der Waals surface area (Å²) in [4.78, 5) is 32.1. The van der Waals surface area contributed by atoms with Gasteiger partial charge in [-0.1, -0.05) is 30.3 Å². The van der Waals surface area contributed by atoms with E-state index in [1.165, 1.54) is 16.2 Å². The second-order valence-electron chi connectivity index (χ2n) is 6.44. The molecule has 2 aromatic rings. The van der Waals surface area contributed by atoms with Gasteiger partial charge in [-0.2, -0.15) is 0 Å². The van der Waals surface area contributed by atoms with E-state index in [4.69, 9.17) is 0 Å². The molecule has 2 atom stereocenters. The standard InChI is InChI=1S/C18H21N3O3S/c1-20(2)14-9-15(18(23)24)21(10-14)16(22)8-13-11-25-17(19-13)12-6-4-3-5-7-12/h3-7,11,14-15H,8-10H2,1-2H3,(H,23,24)/t14-,15+/m1/s1. The van der Waals surface area contributed by atoms with Gasteiger partial charge in [0.15, 0.2) is 0 Å². The molecule has 2 heterocycles. The van der Waals surface area contributed by atoms with Crippen LogP contribution in [-0.2, 0) is 16.0 Å². The van der Waals surface area contributed by atoms with Crippen molar-refractivity contribution in [2.75, 3.05) is 20.6 Å². The van der Waals surface area contributed by atoms with Gasteiger partial charge in [-0.05, 0) is 20.5 Å². The Kier molecular flexibility index (Phi) is 5.15. The molecule has 0 spiro atoms. The molecule has 0 saturated carbocycles. The zero-order valence-corrected chi connectivity index (χ0v) is 15.1. The smallest absolute Gasteiger partial charge is 0.326 e. The molecule has 1 saturated heterocycles. The number of amides is 1. The summed E-state index contributed by atoms with van der Waals surface area (Å²) in [5, 5.41) is 12.2. The predicted octanol–water partition coefficient (Wildman–Crippen LogP) is 1.97. The molecule has 6 nitrogen and oxygen atoms in total. The Labute approximate surface area is 150 Å². The third-order valence-electron chi connectivity index (χ3n) is 4.52. The first kappa shape index (κ1) is 17.6. The fourth-order valence-electron chi connectivity index (χ4n) is 3.06. The zero-order chi connectivity index (χ0) is 18.0. The van der Waals surface area contributed by atoms with Crippen LogP contribution in [-0.4, -0.2) is 64.5 Å². The Morgan fingerprint density at radius 3 is 2.68 bits per heavy atom. The first-order valence-corrected chi connectivity index (χ1v) is 9.02. The van der Waals surface area contributed by atoms with Crippen LogP contribution >= 0.6 is 11.3 Å². The molecular formula is C18H21N3O3S. The average Bonchev–Trinajstić information content (AvgIpc) is 3.22. The Morgan fingerprint density at radius 1 is 1.32 bits per heavy atom. The molecule has 1 N–H and O–H groups in total. The van der Waals surface area contributed by atoms with Crippen LogP contribution in [0, 0.1) is 0 Å². The highest BCUT2D eigenvalue weighted by molar-refractivity contribution is 7.13. The van der Waals surface area contributed by atoms with Crippen LogP contribution in [0.2, 0.25) is 0 Å². The SMILES string of the molecule is CN(C)[C@@H]1C[C@@H](C(=O)O)N(C(=O)Cc2csc(-c3ccccc3)n2)C1. The van der Waals surface area contributed by atoms with E-state index in [0.717, 1.165) is 10.6 Å². The molecule has 1 aliphatic rings. The number of carboxylic acid groups (broad SMARTS) is 1. The Balaban J connectivity index is 1.71. The molecule has 1 fully saturated rings. The van der Waals surface area contributed by atoms with Gasteiger partial charge in [-0.25, -0.2) is 9.78 Å². The Morgan fingerprint density at radius 2 is 2.04 bits per heavy atom. The van der Waals surface area contributed by atoms with Gasteiger partial charge in [-0.15, -0.1) is 11.3 Å². The maximum absolute atomic E-state index is 12.7. The summed E-state index contributed by atoms with van der Waals surface area (Å²) in [7, 11) is 3.81. The topological polar surface area (TPSA) is 73.7 Å². The van der Waals surface area contributed by atoms with Crippen molar-refractivity contribution in [3.05, 3.63) is 41.4 Å². The quantitative estimate of drug-likeness (QED) is 0.883. The van der Waals surface area contributed by atoms with Gasteiger partial charge < -0.3 is 14.9 Å². The summed E-state index contributed by atoms with van der Waals surface area (Å²) in [6.45, 7) is 0.443. The highest BCUT2D eigenvalue weighted by Crippen LogP contribution is 2.25. The number of thiazole rings is 1. The molecule has 0 bridgehead atoms. The first-order valence-electron chi connectivity index (χ1n) is 8.14. The molecule has 0 aliphatic carbocycles. The van der Waals surface area contributed by atoms with Crippen molar-refractivity contribution < 1.29 is 14.7 Å². The second-order valence-corrected chi connectivity index (χ2v) is 7.30. The number of nitrogens with zero attached hydrogens (tertiary/aromatic N) is 3. The van der Waals surface area contributed by atoms with Crippen LogP contribution in [0.3, 0.4) is 0 Å². The van der Waals surface area contributed by atoms with E-state index in [1.807, 2.05) is 54.7 Å². The lowest BCUT2D eigenvalue weighted by molar-refractivity contribution is -0.148. The number of aliphatic carboxylic acids is 1. The number of carbonyl (C=O) groups is 2. The highest BCUT2D eigenvalue weighted by Gasteiger charge is 2.40. The number of likely N-dealkylation sites (tertiary alicyclic amines) is 1. The molecule has 1 aliphatic heterocycles. The maximum Gasteiger partial charge on any atom is 0.326 e. The van der Waals surface area contributed by atoms with Crippen molar-refractivity contribution in [1.29, 1.82) is 0 Å². The second kappa shape index (κ2) is 7.33. The molecule has 7 heteroatoms. The van der Waals surface area contributed by atoms with Gasteiger partial charge in [0.05, 0.1) is 12.1 Å². The predicted molar refractivity (Wildman–Crippen MR) is 96.5 cm³/mol. The highest BCUT2D eigenvalue weighted by atomic mass is 32.1. The first-order chi connectivity index (χ1) is 12.0. The number of hydrogen-bond donors (Lipinski definition) is 1. The third kappa shape index (κ3) is 3.88. The number of carboxylic acids is 1. The van der Waals surface area contributed by atoms with Crippen LogP contribution in [0.4, 0.5) is 0 Å². The van der Waals surface area contributed by atoms with Gasteiger partial charge in [-0.3, -0.25) is 4.79 Å². The number of aromatic nitrogens is 1. The fourth-order valence-corrected chi connectivity index (χ4v) is 3.88. The van der Waals surface area contributed by atoms with Crippen molar-refractivity contribution in [2.24, 2.45) is 0 Å². The minimum Gasteiger partial charge on any atom is -0.480 e.